The third-order valence-corrected chi connectivity index (χ3v) is 4.12. The minimum absolute atomic E-state index is 0.714. The van der Waals surface area contributed by atoms with Gasteiger partial charge in [0.25, 0.3) is 0 Å². The Bertz CT molecular complexity index is 870. The van der Waals surface area contributed by atoms with Gasteiger partial charge in [-0.25, -0.2) is 9.97 Å². The molecule has 0 aliphatic rings. The Labute approximate surface area is 146 Å². The zero-order chi connectivity index (χ0) is 17.1. The Morgan fingerprint density at radius 3 is 2.58 bits per heavy atom. The number of benzene rings is 1. The summed E-state index contributed by atoms with van der Waals surface area (Å²) in [5.74, 6) is 1.57. The number of hydrogen-bond donors (Lipinski definition) is 3. The van der Waals surface area contributed by atoms with Crippen molar-refractivity contribution >= 4 is 34.1 Å². The number of aromatic amines is 1. The number of aromatic nitrogens is 3. The van der Waals surface area contributed by atoms with Crippen molar-refractivity contribution in [3.05, 3.63) is 41.6 Å². The zero-order valence-corrected chi connectivity index (χ0v) is 14.9. The van der Waals surface area contributed by atoms with Crippen LogP contribution in [0.5, 0.6) is 0 Å². The molecule has 124 valence electrons. The van der Waals surface area contributed by atoms with Crippen molar-refractivity contribution in [1.82, 2.24) is 20.3 Å². The highest BCUT2D eigenvalue weighted by molar-refractivity contribution is 7.80. The summed E-state index contributed by atoms with van der Waals surface area (Å²) >= 11 is 5.04. The van der Waals surface area contributed by atoms with Crippen LogP contribution < -0.4 is 10.6 Å². The molecule has 0 atom stereocenters. The van der Waals surface area contributed by atoms with Crippen LogP contribution in [0.25, 0.3) is 22.4 Å². The quantitative estimate of drug-likeness (QED) is 0.490. The summed E-state index contributed by atoms with van der Waals surface area (Å²) in [6, 6.07) is 10.0. The van der Waals surface area contributed by atoms with E-state index in [-0.39, 0.29) is 0 Å². The minimum atomic E-state index is 0.714. The van der Waals surface area contributed by atoms with Crippen LogP contribution in [0.2, 0.25) is 0 Å². The van der Waals surface area contributed by atoms with Crippen LogP contribution in [0, 0.1) is 13.8 Å². The first-order valence-electron chi connectivity index (χ1n) is 7.97. The molecule has 2 heterocycles. The monoisotopic (exact) mass is 339 g/mol. The fraction of sp³-hybridized carbons (Fsp3) is 0.278. The van der Waals surface area contributed by atoms with Crippen molar-refractivity contribution in [2.45, 2.75) is 20.8 Å². The molecule has 0 fully saturated rings. The molecule has 0 aliphatic heterocycles. The summed E-state index contributed by atoms with van der Waals surface area (Å²) in [7, 11) is 0. The molecule has 3 N–H and O–H groups in total. The molecule has 24 heavy (non-hydrogen) atoms. The SMILES string of the molecule is CC(=S)NCCNc1nc(-c2ccccc2)nc2[nH]c(C)c(C)c12. The lowest BCUT2D eigenvalue weighted by atomic mass is 10.2. The van der Waals surface area contributed by atoms with Gasteiger partial charge in [0, 0.05) is 24.3 Å². The van der Waals surface area contributed by atoms with Crippen LogP contribution in [-0.2, 0) is 0 Å². The molecule has 1 aromatic carbocycles. The molecule has 0 saturated carbocycles. The van der Waals surface area contributed by atoms with Crippen LogP contribution in [0.4, 0.5) is 5.82 Å². The lowest BCUT2D eigenvalue weighted by Crippen LogP contribution is -2.25. The van der Waals surface area contributed by atoms with Gasteiger partial charge >= 0.3 is 0 Å². The maximum atomic E-state index is 5.04. The van der Waals surface area contributed by atoms with Crippen LogP contribution in [0.3, 0.4) is 0 Å². The lowest BCUT2D eigenvalue weighted by Gasteiger charge is -2.10. The predicted octanol–water partition coefficient (Wildman–Crippen LogP) is 3.59. The van der Waals surface area contributed by atoms with Crippen molar-refractivity contribution in [2.75, 3.05) is 18.4 Å². The summed E-state index contributed by atoms with van der Waals surface area (Å²) in [5.41, 5.74) is 4.15. The summed E-state index contributed by atoms with van der Waals surface area (Å²) in [6.45, 7) is 7.51. The van der Waals surface area contributed by atoms with Crippen molar-refractivity contribution in [3.8, 4) is 11.4 Å². The molecule has 0 saturated heterocycles. The number of aryl methyl sites for hydroxylation is 2. The second-order valence-electron chi connectivity index (χ2n) is 5.77. The van der Waals surface area contributed by atoms with E-state index >= 15 is 0 Å². The number of nitrogens with zero attached hydrogens (tertiary/aromatic N) is 2. The number of rotatable bonds is 5. The summed E-state index contributed by atoms with van der Waals surface area (Å²) in [4.78, 5) is 13.6. The Morgan fingerprint density at radius 1 is 1.12 bits per heavy atom. The maximum absolute atomic E-state index is 5.04. The number of nitrogens with one attached hydrogen (secondary N) is 3. The van der Waals surface area contributed by atoms with E-state index < -0.39 is 0 Å². The number of H-pyrrole nitrogens is 1. The number of fused-ring (bicyclic) bond motifs is 1. The van der Waals surface area contributed by atoms with Gasteiger partial charge in [0.05, 0.1) is 10.4 Å². The van der Waals surface area contributed by atoms with Crippen LogP contribution in [0.1, 0.15) is 18.2 Å². The number of thiocarbonyl (C=S) groups is 1. The summed E-state index contributed by atoms with van der Waals surface area (Å²) in [6.07, 6.45) is 0. The van der Waals surface area contributed by atoms with Gasteiger partial charge in [-0.15, -0.1) is 0 Å². The van der Waals surface area contributed by atoms with E-state index in [4.69, 9.17) is 22.2 Å². The Hall–Kier alpha value is -2.47. The van der Waals surface area contributed by atoms with Crippen LogP contribution in [0.15, 0.2) is 30.3 Å². The van der Waals surface area contributed by atoms with E-state index in [0.29, 0.717) is 5.82 Å². The van der Waals surface area contributed by atoms with Gasteiger partial charge in [0.1, 0.15) is 11.5 Å². The maximum Gasteiger partial charge on any atom is 0.163 e. The van der Waals surface area contributed by atoms with Crippen molar-refractivity contribution < 1.29 is 0 Å². The van der Waals surface area contributed by atoms with Gasteiger partial charge < -0.3 is 15.6 Å². The average molecular weight is 339 g/mol. The van der Waals surface area contributed by atoms with E-state index in [1.54, 1.807) is 0 Å². The lowest BCUT2D eigenvalue weighted by molar-refractivity contribution is 0.910. The molecular formula is C18H21N5S. The first kappa shape index (κ1) is 16.4. The largest absolute Gasteiger partial charge is 0.378 e. The fourth-order valence-corrected chi connectivity index (χ4v) is 2.73. The molecule has 0 amide bonds. The highest BCUT2D eigenvalue weighted by atomic mass is 32.1. The third kappa shape index (κ3) is 3.38. The molecule has 5 nitrogen and oxygen atoms in total. The topological polar surface area (TPSA) is 65.6 Å². The molecule has 0 radical (unpaired) electrons. The first-order valence-corrected chi connectivity index (χ1v) is 8.37. The van der Waals surface area contributed by atoms with Crippen molar-refractivity contribution in [1.29, 1.82) is 0 Å². The smallest absolute Gasteiger partial charge is 0.163 e. The second-order valence-corrected chi connectivity index (χ2v) is 6.38. The minimum Gasteiger partial charge on any atom is -0.378 e. The summed E-state index contributed by atoms with van der Waals surface area (Å²) in [5, 5.41) is 7.61. The van der Waals surface area contributed by atoms with Crippen LogP contribution in [-0.4, -0.2) is 33.0 Å². The number of hydrogen-bond acceptors (Lipinski definition) is 4. The Morgan fingerprint density at radius 2 is 1.88 bits per heavy atom. The normalized spacial score (nSPS) is 10.8. The van der Waals surface area contributed by atoms with E-state index in [0.717, 1.165) is 46.2 Å². The molecule has 0 spiro atoms. The number of anilines is 1. The molecule has 0 aliphatic carbocycles. The van der Waals surface area contributed by atoms with Gasteiger partial charge in [-0.1, -0.05) is 42.5 Å². The van der Waals surface area contributed by atoms with E-state index in [9.17, 15) is 0 Å². The van der Waals surface area contributed by atoms with Crippen molar-refractivity contribution in [3.63, 3.8) is 0 Å². The molecule has 0 unspecified atom stereocenters. The Kier molecular flexibility index (Phi) is 4.76. The van der Waals surface area contributed by atoms with Crippen LogP contribution >= 0.6 is 12.2 Å². The van der Waals surface area contributed by atoms with E-state index in [1.165, 1.54) is 5.56 Å². The molecule has 3 aromatic rings. The standard InChI is InChI=1S/C18H21N5S/c1-11-12(2)21-18-15(11)17(20-10-9-19-13(3)24)22-16(23-18)14-7-5-4-6-8-14/h4-8H,9-10H2,1-3H3,(H,19,24)(H2,20,21,22,23). The van der Waals surface area contributed by atoms with Gasteiger partial charge in [-0.05, 0) is 26.3 Å². The third-order valence-electron chi connectivity index (χ3n) is 3.98. The van der Waals surface area contributed by atoms with Gasteiger partial charge in [0.15, 0.2) is 5.82 Å². The van der Waals surface area contributed by atoms with E-state index in [1.807, 2.05) is 37.3 Å². The summed E-state index contributed by atoms with van der Waals surface area (Å²) < 4.78 is 0. The predicted molar refractivity (Wildman–Crippen MR) is 104 cm³/mol. The van der Waals surface area contributed by atoms with E-state index in [2.05, 4.69) is 29.5 Å². The fourth-order valence-electron chi connectivity index (χ4n) is 2.63. The van der Waals surface area contributed by atoms with Crippen molar-refractivity contribution in [2.24, 2.45) is 0 Å². The molecule has 3 rings (SSSR count). The highest BCUT2D eigenvalue weighted by Gasteiger charge is 2.14. The zero-order valence-electron chi connectivity index (χ0n) is 14.1. The average Bonchev–Trinajstić information content (AvgIpc) is 2.86. The molecule has 6 heteroatoms. The molecule has 0 bridgehead atoms. The van der Waals surface area contributed by atoms with Gasteiger partial charge in [-0.2, -0.15) is 0 Å². The Balaban J connectivity index is 1.99. The molecular weight excluding hydrogens is 318 g/mol. The van der Waals surface area contributed by atoms with Gasteiger partial charge in [-0.3, -0.25) is 0 Å². The second kappa shape index (κ2) is 6.97. The highest BCUT2D eigenvalue weighted by Crippen LogP contribution is 2.28. The van der Waals surface area contributed by atoms with Gasteiger partial charge in [0.2, 0.25) is 0 Å². The molecule has 2 aromatic heterocycles. The first-order chi connectivity index (χ1) is 11.6.